The molecule has 0 unspecified atom stereocenters. The number of carbonyl (C=O) groups is 3. The highest BCUT2D eigenvalue weighted by atomic mass is 16.5. The average Bonchev–Trinajstić information content (AvgIpc) is 3.02. The topological polar surface area (TPSA) is 96.4 Å². The Morgan fingerprint density at radius 1 is 1.28 bits per heavy atom. The number of carboxylic acids is 1. The first-order valence-corrected chi connectivity index (χ1v) is 8.08. The minimum Gasteiger partial charge on any atom is -0.495 e. The Balaban J connectivity index is 1.71. The number of hydrogen-bond acceptors (Lipinski definition) is 5. The number of ether oxygens (including phenoxy) is 2. The van der Waals surface area contributed by atoms with Crippen LogP contribution in [-0.2, 0) is 19.1 Å². The summed E-state index contributed by atoms with van der Waals surface area (Å²) in [7, 11) is 1.53. The second-order valence-electron chi connectivity index (χ2n) is 6.06. The molecule has 2 saturated heterocycles. The molecule has 0 radical (unpaired) electrons. The van der Waals surface area contributed by atoms with Crippen molar-refractivity contribution in [3.8, 4) is 5.75 Å². The summed E-state index contributed by atoms with van der Waals surface area (Å²) in [4.78, 5) is 39.2. The molecule has 2 aliphatic heterocycles. The SMILES string of the molecule is COc1ccccc1N1C[C@H](C(=O)N2CCO[C@H](C(=O)O)C2)CC1=O. The predicted molar refractivity (Wildman–Crippen MR) is 87.4 cm³/mol. The Hall–Kier alpha value is -2.61. The van der Waals surface area contributed by atoms with Gasteiger partial charge in [-0.1, -0.05) is 12.1 Å². The summed E-state index contributed by atoms with van der Waals surface area (Å²) < 4.78 is 10.4. The third kappa shape index (κ3) is 3.43. The number of anilines is 1. The first-order valence-electron chi connectivity index (χ1n) is 8.08. The lowest BCUT2D eigenvalue weighted by atomic mass is 10.1. The molecule has 0 aromatic heterocycles. The van der Waals surface area contributed by atoms with Crippen molar-refractivity contribution >= 4 is 23.5 Å². The van der Waals surface area contributed by atoms with E-state index < -0.39 is 18.0 Å². The molecule has 2 amide bonds. The summed E-state index contributed by atoms with van der Waals surface area (Å²) >= 11 is 0. The van der Waals surface area contributed by atoms with Crippen molar-refractivity contribution in [1.82, 2.24) is 4.90 Å². The number of amides is 2. The van der Waals surface area contributed by atoms with Crippen LogP contribution in [-0.4, -0.2) is 67.2 Å². The highest BCUT2D eigenvalue weighted by Crippen LogP contribution is 2.33. The molecule has 134 valence electrons. The zero-order valence-corrected chi connectivity index (χ0v) is 13.9. The van der Waals surface area contributed by atoms with Crippen molar-refractivity contribution in [2.75, 3.05) is 38.3 Å². The number of rotatable bonds is 4. The van der Waals surface area contributed by atoms with E-state index in [9.17, 15) is 14.4 Å². The van der Waals surface area contributed by atoms with Crippen LogP contribution < -0.4 is 9.64 Å². The van der Waals surface area contributed by atoms with E-state index in [1.54, 1.807) is 23.1 Å². The van der Waals surface area contributed by atoms with Gasteiger partial charge in [0.1, 0.15) is 5.75 Å². The fraction of sp³-hybridized carbons (Fsp3) is 0.471. The smallest absolute Gasteiger partial charge is 0.334 e. The molecular weight excluding hydrogens is 328 g/mol. The largest absolute Gasteiger partial charge is 0.495 e. The Morgan fingerprint density at radius 3 is 2.76 bits per heavy atom. The molecule has 0 saturated carbocycles. The molecule has 1 aromatic carbocycles. The number of nitrogens with zero attached hydrogens (tertiary/aromatic N) is 2. The third-order valence-corrected chi connectivity index (χ3v) is 4.50. The average molecular weight is 348 g/mol. The fourth-order valence-electron chi connectivity index (χ4n) is 3.22. The van der Waals surface area contributed by atoms with Crippen molar-refractivity contribution in [2.45, 2.75) is 12.5 Å². The fourth-order valence-corrected chi connectivity index (χ4v) is 3.22. The van der Waals surface area contributed by atoms with Gasteiger partial charge in [-0.05, 0) is 12.1 Å². The maximum atomic E-state index is 12.7. The van der Waals surface area contributed by atoms with E-state index in [4.69, 9.17) is 14.6 Å². The van der Waals surface area contributed by atoms with Crippen LogP contribution in [0.4, 0.5) is 5.69 Å². The van der Waals surface area contributed by atoms with Gasteiger partial charge in [0, 0.05) is 19.5 Å². The third-order valence-electron chi connectivity index (χ3n) is 4.50. The van der Waals surface area contributed by atoms with E-state index >= 15 is 0 Å². The number of para-hydroxylation sites is 2. The first-order chi connectivity index (χ1) is 12.0. The van der Waals surface area contributed by atoms with Gasteiger partial charge in [-0.15, -0.1) is 0 Å². The normalized spacial score (nSPS) is 23.6. The summed E-state index contributed by atoms with van der Waals surface area (Å²) in [6.45, 7) is 0.780. The first kappa shape index (κ1) is 17.2. The Labute approximate surface area is 144 Å². The van der Waals surface area contributed by atoms with Gasteiger partial charge < -0.3 is 24.4 Å². The number of morpholine rings is 1. The quantitative estimate of drug-likeness (QED) is 0.844. The van der Waals surface area contributed by atoms with E-state index in [0.29, 0.717) is 18.0 Å². The molecule has 1 aromatic rings. The summed E-state index contributed by atoms with van der Waals surface area (Å²) in [5.41, 5.74) is 0.635. The zero-order chi connectivity index (χ0) is 18.0. The van der Waals surface area contributed by atoms with Crippen molar-refractivity contribution < 1.29 is 29.0 Å². The van der Waals surface area contributed by atoms with Crippen molar-refractivity contribution in [3.05, 3.63) is 24.3 Å². The molecule has 2 aliphatic rings. The monoisotopic (exact) mass is 348 g/mol. The Kier molecular flexibility index (Phi) is 4.89. The zero-order valence-electron chi connectivity index (χ0n) is 13.9. The van der Waals surface area contributed by atoms with Gasteiger partial charge in [-0.2, -0.15) is 0 Å². The van der Waals surface area contributed by atoms with Gasteiger partial charge in [-0.3, -0.25) is 9.59 Å². The lowest BCUT2D eigenvalue weighted by molar-refractivity contribution is -0.160. The second-order valence-corrected chi connectivity index (χ2v) is 6.06. The maximum absolute atomic E-state index is 12.7. The summed E-state index contributed by atoms with van der Waals surface area (Å²) in [6, 6.07) is 7.15. The van der Waals surface area contributed by atoms with Crippen molar-refractivity contribution in [2.24, 2.45) is 5.92 Å². The van der Waals surface area contributed by atoms with E-state index in [-0.39, 0.29) is 37.9 Å². The minimum atomic E-state index is -1.09. The second kappa shape index (κ2) is 7.10. The van der Waals surface area contributed by atoms with E-state index in [1.165, 1.54) is 12.0 Å². The molecule has 3 rings (SSSR count). The molecule has 8 heteroatoms. The lowest BCUT2D eigenvalue weighted by Gasteiger charge is -2.32. The molecule has 0 aliphatic carbocycles. The molecule has 2 heterocycles. The molecule has 0 spiro atoms. The van der Waals surface area contributed by atoms with Crippen LogP contribution >= 0.6 is 0 Å². The lowest BCUT2D eigenvalue weighted by Crippen LogP contribution is -2.50. The molecule has 2 atom stereocenters. The highest BCUT2D eigenvalue weighted by molar-refractivity contribution is 6.01. The molecule has 0 bridgehead atoms. The van der Waals surface area contributed by atoms with Crippen LogP contribution in [0, 0.1) is 5.92 Å². The van der Waals surface area contributed by atoms with Crippen LogP contribution in [0.25, 0.3) is 0 Å². The van der Waals surface area contributed by atoms with Gasteiger partial charge in [0.15, 0.2) is 6.10 Å². The van der Waals surface area contributed by atoms with Crippen LogP contribution in [0.1, 0.15) is 6.42 Å². The molecule has 25 heavy (non-hydrogen) atoms. The van der Waals surface area contributed by atoms with Crippen LogP contribution in [0.15, 0.2) is 24.3 Å². The molecule has 8 nitrogen and oxygen atoms in total. The van der Waals surface area contributed by atoms with Crippen LogP contribution in [0.2, 0.25) is 0 Å². The summed E-state index contributed by atoms with van der Waals surface area (Å²) in [6.07, 6.45) is -0.911. The number of benzene rings is 1. The molecular formula is C17H20N2O6. The standard InChI is InChI=1S/C17H20N2O6/c1-24-13-5-3-2-4-12(13)19-9-11(8-15(19)20)16(21)18-6-7-25-14(10-18)17(22)23/h2-5,11,14H,6-10H2,1H3,(H,22,23)/t11-,14+/m1/s1. The van der Waals surface area contributed by atoms with E-state index in [2.05, 4.69) is 0 Å². The Morgan fingerprint density at radius 2 is 2.04 bits per heavy atom. The van der Waals surface area contributed by atoms with Gasteiger partial charge in [0.25, 0.3) is 0 Å². The number of hydrogen-bond donors (Lipinski definition) is 1. The van der Waals surface area contributed by atoms with Crippen molar-refractivity contribution in [1.29, 1.82) is 0 Å². The van der Waals surface area contributed by atoms with E-state index in [0.717, 1.165) is 0 Å². The van der Waals surface area contributed by atoms with Gasteiger partial charge >= 0.3 is 5.97 Å². The number of methoxy groups -OCH3 is 1. The van der Waals surface area contributed by atoms with E-state index in [1.807, 2.05) is 6.07 Å². The van der Waals surface area contributed by atoms with Gasteiger partial charge in [0.05, 0.1) is 31.9 Å². The minimum absolute atomic E-state index is 0.00746. The highest BCUT2D eigenvalue weighted by Gasteiger charge is 2.40. The van der Waals surface area contributed by atoms with Crippen molar-refractivity contribution in [3.63, 3.8) is 0 Å². The maximum Gasteiger partial charge on any atom is 0.334 e. The summed E-state index contributed by atoms with van der Waals surface area (Å²) in [5, 5.41) is 9.05. The van der Waals surface area contributed by atoms with Crippen LogP contribution in [0.5, 0.6) is 5.75 Å². The molecule has 2 fully saturated rings. The number of aliphatic carboxylic acids is 1. The summed E-state index contributed by atoms with van der Waals surface area (Å²) in [5.74, 6) is -1.37. The predicted octanol–water partition coefficient (Wildman–Crippen LogP) is 0.360. The van der Waals surface area contributed by atoms with Crippen LogP contribution in [0.3, 0.4) is 0 Å². The molecule has 1 N–H and O–H groups in total. The Bertz CT molecular complexity index is 691. The number of carbonyl (C=O) groups excluding carboxylic acids is 2. The van der Waals surface area contributed by atoms with Gasteiger partial charge in [0.2, 0.25) is 11.8 Å². The van der Waals surface area contributed by atoms with Gasteiger partial charge in [-0.25, -0.2) is 4.79 Å². The number of carboxylic acid groups (broad SMARTS) is 1.